The zero-order chi connectivity index (χ0) is 13.4. The Bertz CT molecular complexity index is 777. The van der Waals surface area contributed by atoms with Crippen LogP contribution in [0.15, 0.2) is 35.7 Å². The zero-order valence-electron chi connectivity index (χ0n) is 9.43. The first kappa shape index (κ1) is 13.3. The molecule has 0 fully saturated rings. The number of nitrogens with one attached hydrogen (secondary N) is 1. The van der Waals surface area contributed by atoms with Gasteiger partial charge in [0.15, 0.2) is 10.6 Å². The second kappa shape index (κ2) is 5.35. The van der Waals surface area contributed by atoms with Crippen LogP contribution in [0.1, 0.15) is 0 Å². The Morgan fingerprint density at radius 2 is 2.21 bits per heavy atom. The first-order chi connectivity index (χ1) is 9.16. The van der Waals surface area contributed by atoms with Crippen LogP contribution in [0.25, 0.3) is 16.4 Å². The Morgan fingerprint density at radius 1 is 1.37 bits per heavy atom. The SMILES string of the molecule is S=c1[nH]nc(-c2cccs2)n1-c1ccc(I)cc1Cl. The maximum absolute atomic E-state index is 6.32. The quantitative estimate of drug-likeness (QED) is 0.473. The van der Waals surface area contributed by atoms with E-state index >= 15 is 0 Å². The molecule has 1 aromatic carbocycles. The van der Waals surface area contributed by atoms with Gasteiger partial charge in [-0.25, -0.2) is 0 Å². The summed E-state index contributed by atoms with van der Waals surface area (Å²) in [6, 6.07) is 9.84. The molecule has 0 spiro atoms. The minimum absolute atomic E-state index is 0.534. The molecule has 0 radical (unpaired) electrons. The van der Waals surface area contributed by atoms with Crippen LogP contribution in [-0.4, -0.2) is 14.8 Å². The molecule has 2 heterocycles. The van der Waals surface area contributed by atoms with Crippen LogP contribution in [0, 0.1) is 8.34 Å². The number of nitrogens with zero attached hydrogens (tertiary/aromatic N) is 2. The molecule has 2 aromatic heterocycles. The van der Waals surface area contributed by atoms with Gasteiger partial charge in [-0.05, 0) is 64.5 Å². The third-order valence-electron chi connectivity index (χ3n) is 2.56. The smallest absolute Gasteiger partial charge is 0.200 e. The maximum Gasteiger partial charge on any atom is 0.200 e. The molecule has 0 aliphatic heterocycles. The highest BCUT2D eigenvalue weighted by Crippen LogP contribution is 2.29. The van der Waals surface area contributed by atoms with Gasteiger partial charge in [-0.2, -0.15) is 5.10 Å². The molecule has 3 nitrogen and oxygen atoms in total. The largest absolute Gasteiger partial charge is 0.266 e. The molecular weight excluding hydrogens is 413 g/mol. The van der Waals surface area contributed by atoms with Gasteiger partial charge in [0.2, 0.25) is 0 Å². The van der Waals surface area contributed by atoms with Crippen molar-refractivity contribution >= 4 is 57.7 Å². The molecule has 0 aliphatic rings. The van der Waals surface area contributed by atoms with Gasteiger partial charge in [-0.3, -0.25) is 9.67 Å². The molecule has 7 heteroatoms. The standard InChI is InChI=1S/C12H7ClIN3S2/c13-8-6-7(14)3-4-9(8)17-11(15-16-12(17)18)10-2-1-5-19-10/h1-6H,(H,16,18). The van der Waals surface area contributed by atoms with Crippen molar-refractivity contribution in [3.63, 3.8) is 0 Å². The number of thiophene rings is 1. The van der Waals surface area contributed by atoms with Crippen LogP contribution < -0.4 is 0 Å². The van der Waals surface area contributed by atoms with Gasteiger partial charge in [-0.15, -0.1) is 11.3 Å². The van der Waals surface area contributed by atoms with E-state index in [9.17, 15) is 0 Å². The van der Waals surface area contributed by atoms with E-state index in [0.717, 1.165) is 20.0 Å². The fourth-order valence-corrected chi connectivity index (χ4v) is 3.63. The van der Waals surface area contributed by atoms with Crippen LogP contribution in [0.3, 0.4) is 0 Å². The lowest BCUT2D eigenvalue weighted by Gasteiger charge is -2.08. The summed E-state index contributed by atoms with van der Waals surface area (Å²) >= 11 is 15.5. The Hall–Kier alpha value is -0.700. The number of hydrogen-bond donors (Lipinski definition) is 1. The number of halogens is 2. The van der Waals surface area contributed by atoms with E-state index in [1.807, 2.05) is 40.3 Å². The third kappa shape index (κ3) is 2.49. The number of aromatic nitrogens is 3. The summed E-state index contributed by atoms with van der Waals surface area (Å²) in [4.78, 5) is 1.04. The van der Waals surface area contributed by atoms with Crippen LogP contribution in [-0.2, 0) is 0 Å². The second-order valence-electron chi connectivity index (χ2n) is 3.76. The Kier molecular flexibility index (Phi) is 3.75. The minimum Gasteiger partial charge on any atom is -0.266 e. The van der Waals surface area contributed by atoms with Gasteiger partial charge >= 0.3 is 0 Å². The van der Waals surface area contributed by atoms with Crippen molar-refractivity contribution in [3.8, 4) is 16.4 Å². The molecule has 0 saturated heterocycles. The summed E-state index contributed by atoms with van der Waals surface area (Å²) < 4.78 is 3.48. The first-order valence-corrected chi connectivity index (χ1v) is 8.08. The van der Waals surface area contributed by atoms with Gasteiger partial charge in [-0.1, -0.05) is 17.7 Å². The van der Waals surface area contributed by atoms with E-state index < -0.39 is 0 Å². The summed E-state index contributed by atoms with van der Waals surface area (Å²) in [6.45, 7) is 0. The predicted molar refractivity (Wildman–Crippen MR) is 89.8 cm³/mol. The van der Waals surface area contributed by atoms with Crippen molar-refractivity contribution in [1.82, 2.24) is 14.8 Å². The molecule has 96 valence electrons. The van der Waals surface area contributed by atoms with Crippen molar-refractivity contribution in [2.24, 2.45) is 0 Å². The maximum atomic E-state index is 6.32. The number of H-pyrrole nitrogens is 1. The van der Waals surface area contributed by atoms with Crippen LogP contribution in [0.5, 0.6) is 0 Å². The third-order valence-corrected chi connectivity index (χ3v) is 4.68. The van der Waals surface area contributed by atoms with Gasteiger partial charge in [0.25, 0.3) is 0 Å². The molecule has 0 saturated carbocycles. The van der Waals surface area contributed by atoms with E-state index in [0.29, 0.717) is 9.79 Å². The van der Waals surface area contributed by atoms with Crippen molar-refractivity contribution in [2.45, 2.75) is 0 Å². The summed E-state index contributed by atoms with van der Waals surface area (Å²) in [5, 5.41) is 9.78. The number of aromatic amines is 1. The Balaban J connectivity index is 2.26. The molecule has 3 rings (SSSR count). The lowest BCUT2D eigenvalue weighted by Crippen LogP contribution is -1.98. The van der Waals surface area contributed by atoms with Crippen molar-refractivity contribution < 1.29 is 0 Å². The van der Waals surface area contributed by atoms with E-state index in [-0.39, 0.29) is 0 Å². The topological polar surface area (TPSA) is 33.6 Å². The average molecular weight is 420 g/mol. The average Bonchev–Trinajstić information content (AvgIpc) is 2.99. The highest BCUT2D eigenvalue weighted by molar-refractivity contribution is 14.1. The van der Waals surface area contributed by atoms with Gasteiger partial charge < -0.3 is 0 Å². The summed E-state index contributed by atoms with van der Waals surface area (Å²) in [5.41, 5.74) is 0.837. The van der Waals surface area contributed by atoms with Gasteiger partial charge in [0, 0.05) is 3.57 Å². The predicted octanol–water partition coefficient (Wildman–Crippen LogP) is 4.92. The molecule has 0 bridgehead atoms. The highest BCUT2D eigenvalue weighted by Gasteiger charge is 2.13. The minimum atomic E-state index is 0.534. The Labute approximate surface area is 137 Å². The molecule has 0 amide bonds. The fourth-order valence-electron chi connectivity index (χ4n) is 1.75. The van der Waals surface area contributed by atoms with Crippen molar-refractivity contribution in [2.75, 3.05) is 0 Å². The van der Waals surface area contributed by atoms with Crippen molar-refractivity contribution in [3.05, 3.63) is 49.1 Å². The number of rotatable bonds is 2. The first-order valence-electron chi connectivity index (χ1n) is 5.33. The molecule has 3 aromatic rings. The summed E-state index contributed by atoms with van der Waals surface area (Å²) in [6.07, 6.45) is 0. The van der Waals surface area contributed by atoms with E-state index in [2.05, 4.69) is 32.8 Å². The molecular formula is C12H7ClIN3S2. The van der Waals surface area contributed by atoms with Crippen LogP contribution in [0.4, 0.5) is 0 Å². The summed E-state index contributed by atoms with van der Waals surface area (Å²) in [7, 11) is 0. The lowest BCUT2D eigenvalue weighted by molar-refractivity contribution is 1.04. The van der Waals surface area contributed by atoms with Gasteiger partial charge in [0.05, 0.1) is 15.6 Å². The fraction of sp³-hybridized carbons (Fsp3) is 0. The molecule has 0 unspecified atom stereocenters. The molecule has 1 N–H and O–H groups in total. The molecule has 0 aliphatic carbocycles. The molecule has 0 atom stereocenters. The van der Waals surface area contributed by atoms with Crippen LogP contribution >= 0.6 is 57.7 Å². The van der Waals surface area contributed by atoms with E-state index in [1.165, 1.54) is 0 Å². The van der Waals surface area contributed by atoms with E-state index in [4.69, 9.17) is 23.8 Å². The normalized spacial score (nSPS) is 10.8. The summed E-state index contributed by atoms with van der Waals surface area (Å²) in [5.74, 6) is 0.781. The second-order valence-corrected chi connectivity index (χ2v) is 6.75. The van der Waals surface area contributed by atoms with Crippen molar-refractivity contribution in [1.29, 1.82) is 0 Å². The number of benzene rings is 1. The highest BCUT2D eigenvalue weighted by atomic mass is 127. The van der Waals surface area contributed by atoms with Crippen LogP contribution in [0.2, 0.25) is 5.02 Å². The van der Waals surface area contributed by atoms with E-state index in [1.54, 1.807) is 11.3 Å². The van der Waals surface area contributed by atoms with Gasteiger partial charge in [0.1, 0.15) is 0 Å². The lowest BCUT2D eigenvalue weighted by atomic mass is 10.3. The molecule has 19 heavy (non-hydrogen) atoms. The monoisotopic (exact) mass is 419 g/mol. The number of hydrogen-bond acceptors (Lipinski definition) is 3. The zero-order valence-corrected chi connectivity index (χ0v) is 14.0. The Morgan fingerprint density at radius 3 is 2.89 bits per heavy atom.